The van der Waals surface area contributed by atoms with Crippen molar-refractivity contribution in [3.63, 3.8) is 0 Å². The summed E-state index contributed by atoms with van der Waals surface area (Å²) in [6.45, 7) is 7.70. The summed E-state index contributed by atoms with van der Waals surface area (Å²) < 4.78 is 21.7. The van der Waals surface area contributed by atoms with Crippen LogP contribution in [0.5, 0.6) is 17.2 Å². The van der Waals surface area contributed by atoms with Crippen LogP contribution in [0.1, 0.15) is 37.4 Å². The Kier molecular flexibility index (Phi) is 10.4. The fourth-order valence-electron chi connectivity index (χ4n) is 4.93. The molecule has 1 saturated heterocycles. The van der Waals surface area contributed by atoms with E-state index in [2.05, 4.69) is 10.2 Å². The number of morpholine rings is 1. The van der Waals surface area contributed by atoms with Crippen LogP contribution in [0.3, 0.4) is 0 Å². The van der Waals surface area contributed by atoms with Gasteiger partial charge in [-0.3, -0.25) is 9.69 Å². The van der Waals surface area contributed by atoms with Gasteiger partial charge in [-0.2, -0.15) is 5.10 Å². The molecule has 2 heterocycles. The third kappa shape index (κ3) is 7.68. The fourth-order valence-corrected chi connectivity index (χ4v) is 4.93. The minimum Gasteiger partial charge on any atom is -0.497 e. The van der Waals surface area contributed by atoms with Gasteiger partial charge in [0.1, 0.15) is 12.3 Å². The van der Waals surface area contributed by atoms with Crippen LogP contribution >= 0.6 is 0 Å². The molecule has 0 aromatic heterocycles. The maximum atomic E-state index is 13.9. The standard InChI is InChI=1S/C30H41N5O6/c1-21(2)31-30(37)34(13-12-33-14-16-41-17-15-33)20-29(36)35-26(23-8-11-27(39-4)28(18-23)40-5)19-25(32-35)22-6-9-24(38-3)10-7-22/h6-11,18,21,26H,12-17,19-20H2,1-5H3,(H,31,37). The highest BCUT2D eigenvalue weighted by molar-refractivity contribution is 6.03. The van der Waals surface area contributed by atoms with E-state index in [-0.39, 0.29) is 30.6 Å². The Morgan fingerprint density at radius 3 is 2.37 bits per heavy atom. The summed E-state index contributed by atoms with van der Waals surface area (Å²) in [5.74, 6) is 1.64. The van der Waals surface area contributed by atoms with E-state index in [9.17, 15) is 9.59 Å². The van der Waals surface area contributed by atoms with Gasteiger partial charge in [0.15, 0.2) is 11.5 Å². The van der Waals surface area contributed by atoms with Gasteiger partial charge in [-0.25, -0.2) is 9.80 Å². The minimum absolute atomic E-state index is 0.0607. The number of rotatable bonds is 11. The van der Waals surface area contributed by atoms with Crippen LogP contribution in [0.25, 0.3) is 0 Å². The average Bonchev–Trinajstić information content (AvgIpc) is 3.44. The molecule has 0 aliphatic carbocycles. The molecule has 1 N–H and O–H groups in total. The van der Waals surface area contributed by atoms with E-state index in [0.29, 0.717) is 44.2 Å². The molecule has 11 nitrogen and oxygen atoms in total. The van der Waals surface area contributed by atoms with Gasteiger partial charge in [-0.15, -0.1) is 0 Å². The van der Waals surface area contributed by atoms with Crippen molar-refractivity contribution in [2.75, 3.05) is 67.3 Å². The summed E-state index contributed by atoms with van der Waals surface area (Å²) in [7, 11) is 4.79. The summed E-state index contributed by atoms with van der Waals surface area (Å²) in [5.41, 5.74) is 2.52. The molecular formula is C30H41N5O6. The van der Waals surface area contributed by atoms with Gasteiger partial charge in [-0.1, -0.05) is 6.07 Å². The van der Waals surface area contributed by atoms with E-state index in [4.69, 9.17) is 24.0 Å². The van der Waals surface area contributed by atoms with Gasteiger partial charge in [-0.05, 0) is 61.4 Å². The highest BCUT2D eigenvalue weighted by Crippen LogP contribution is 2.37. The van der Waals surface area contributed by atoms with E-state index in [0.717, 1.165) is 35.7 Å². The quantitative estimate of drug-likeness (QED) is 0.445. The molecule has 2 aliphatic rings. The van der Waals surface area contributed by atoms with Gasteiger partial charge in [0.2, 0.25) is 0 Å². The molecule has 11 heteroatoms. The average molecular weight is 568 g/mol. The second-order valence-electron chi connectivity index (χ2n) is 10.3. The summed E-state index contributed by atoms with van der Waals surface area (Å²) >= 11 is 0. The molecule has 0 radical (unpaired) electrons. The molecule has 222 valence electrons. The minimum atomic E-state index is -0.381. The van der Waals surface area contributed by atoms with Crippen LogP contribution < -0.4 is 19.5 Å². The molecule has 2 aromatic rings. The Hall–Kier alpha value is -3.83. The molecule has 1 fully saturated rings. The Morgan fingerprint density at radius 1 is 1.02 bits per heavy atom. The maximum absolute atomic E-state index is 13.9. The number of hydrogen-bond acceptors (Lipinski definition) is 8. The molecule has 4 rings (SSSR count). The highest BCUT2D eigenvalue weighted by atomic mass is 16.5. The lowest BCUT2D eigenvalue weighted by atomic mass is 9.98. The number of carbonyl (C=O) groups is 2. The normalized spacial score (nSPS) is 17.3. The van der Waals surface area contributed by atoms with Crippen molar-refractivity contribution in [2.45, 2.75) is 32.4 Å². The first-order chi connectivity index (χ1) is 19.8. The summed E-state index contributed by atoms with van der Waals surface area (Å²) in [5, 5.41) is 9.24. The molecular weight excluding hydrogens is 526 g/mol. The van der Waals surface area contributed by atoms with Gasteiger partial charge < -0.3 is 29.2 Å². The SMILES string of the molecule is COc1ccc(C2=NN(C(=O)CN(CCN3CCOCC3)C(=O)NC(C)C)C(c3ccc(OC)c(OC)c3)C2)cc1. The number of nitrogens with one attached hydrogen (secondary N) is 1. The van der Waals surface area contributed by atoms with Crippen LogP contribution in [-0.2, 0) is 9.53 Å². The first kappa shape index (κ1) is 30.1. The monoisotopic (exact) mass is 567 g/mol. The smallest absolute Gasteiger partial charge is 0.318 e. The van der Waals surface area contributed by atoms with Crippen molar-refractivity contribution in [1.29, 1.82) is 0 Å². The lowest BCUT2D eigenvalue weighted by Crippen LogP contribution is -2.50. The van der Waals surface area contributed by atoms with Crippen molar-refractivity contribution in [3.05, 3.63) is 53.6 Å². The third-order valence-electron chi connectivity index (χ3n) is 7.20. The number of benzene rings is 2. The van der Waals surface area contributed by atoms with Crippen LogP contribution in [0, 0.1) is 0 Å². The first-order valence-electron chi connectivity index (χ1n) is 13.9. The molecule has 0 bridgehead atoms. The zero-order valence-corrected chi connectivity index (χ0v) is 24.6. The van der Waals surface area contributed by atoms with Gasteiger partial charge in [0, 0.05) is 38.6 Å². The largest absolute Gasteiger partial charge is 0.497 e. The van der Waals surface area contributed by atoms with Crippen LogP contribution in [0.15, 0.2) is 47.6 Å². The van der Waals surface area contributed by atoms with E-state index in [1.807, 2.05) is 56.3 Å². The zero-order chi connectivity index (χ0) is 29.4. The molecule has 2 aromatic carbocycles. The van der Waals surface area contributed by atoms with Crippen LogP contribution in [-0.4, -0.2) is 106 Å². The molecule has 2 aliphatic heterocycles. The predicted molar refractivity (Wildman–Crippen MR) is 156 cm³/mol. The number of methoxy groups -OCH3 is 3. The molecule has 3 amide bonds. The number of urea groups is 1. The lowest BCUT2D eigenvalue weighted by Gasteiger charge is -2.31. The summed E-state index contributed by atoms with van der Waals surface area (Å²) in [6, 6.07) is 12.5. The number of amides is 3. The van der Waals surface area contributed by atoms with Gasteiger partial charge >= 0.3 is 6.03 Å². The van der Waals surface area contributed by atoms with Crippen molar-refractivity contribution in [1.82, 2.24) is 20.1 Å². The molecule has 41 heavy (non-hydrogen) atoms. The Balaban J connectivity index is 1.60. The van der Waals surface area contributed by atoms with Crippen molar-refractivity contribution in [2.24, 2.45) is 5.10 Å². The Morgan fingerprint density at radius 2 is 1.73 bits per heavy atom. The number of hydrazone groups is 1. The third-order valence-corrected chi connectivity index (χ3v) is 7.20. The fraction of sp³-hybridized carbons (Fsp3) is 0.500. The highest BCUT2D eigenvalue weighted by Gasteiger charge is 2.35. The van der Waals surface area contributed by atoms with Crippen molar-refractivity contribution in [3.8, 4) is 17.2 Å². The number of hydrogen-bond donors (Lipinski definition) is 1. The van der Waals surface area contributed by atoms with E-state index in [1.165, 1.54) is 5.01 Å². The van der Waals surface area contributed by atoms with Gasteiger partial charge in [0.25, 0.3) is 5.91 Å². The van der Waals surface area contributed by atoms with Crippen molar-refractivity contribution < 1.29 is 28.5 Å². The Bertz CT molecular complexity index is 1210. The second-order valence-corrected chi connectivity index (χ2v) is 10.3. The summed E-state index contributed by atoms with van der Waals surface area (Å²) in [6.07, 6.45) is 0.500. The van der Waals surface area contributed by atoms with Gasteiger partial charge in [0.05, 0.1) is 46.3 Å². The lowest BCUT2D eigenvalue weighted by molar-refractivity contribution is -0.133. The first-order valence-corrected chi connectivity index (χ1v) is 13.9. The van der Waals surface area contributed by atoms with Crippen LogP contribution in [0.4, 0.5) is 4.79 Å². The van der Waals surface area contributed by atoms with E-state index >= 15 is 0 Å². The van der Waals surface area contributed by atoms with E-state index in [1.54, 1.807) is 26.2 Å². The molecule has 0 spiro atoms. The number of ether oxygens (including phenoxy) is 4. The second kappa shape index (κ2) is 14.2. The van der Waals surface area contributed by atoms with Crippen molar-refractivity contribution >= 4 is 17.6 Å². The number of nitrogens with zero attached hydrogens (tertiary/aromatic N) is 4. The Labute approximate surface area is 242 Å². The predicted octanol–water partition coefficient (Wildman–Crippen LogP) is 3.14. The number of carbonyl (C=O) groups excluding carboxylic acids is 2. The molecule has 1 atom stereocenters. The topological polar surface area (TPSA) is 105 Å². The molecule has 1 unspecified atom stereocenters. The maximum Gasteiger partial charge on any atom is 0.318 e. The zero-order valence-electron chi connectivity index (χ0n) is 24.6. The van der Waals surface area contributed by atoms with Crippen LogP contribution in [0.2, 0.25) is 0 Å². The summed E-state index contributed by atoms with van der Waals surface area (Å²) in [4.78, 5) is 30.9. The van der Waals surface area contributed by atoms with E-state index < -0.39 is 0 Å². The molecule has 0 saturated carbocycles.